The number of nitrogens with one attached hydrogen (secondary N) is 1. The number of fused-ring (bicyclic) bond motifs is 1. The van der Waals surface area contributed by atoms with Crippen LogP contribution >= 0.6 is 0 Å². The van der Waals surface area contributed by atoms with E-state index in [9.17, 15) is 4.79 Å². The molecule has 2 aromatic rings. The van der Waals surface area contributed by atoms with E-state index in [0.717, 1.165) is 50.2 Å². The lowest BCUT2D eigenvalue weighted by atomic mass is 9.79. The number of rotatable bonds is 5. The molecule has 2 heterocycles. The van der Waals surface area contributed by atoms with E-state index in [-0.39, 0.29) is 11.4 Å². The van der Waals surface area contributed by atoms with Crippen LogP contribution in [0.4, 0.5) is 0 Å². The minimum absolute atomic E-state index is 0.0758. The van der Waals surface area contributed by atoms with Crippen molar-refractivity contribution in [3.63, 3.8) is 0 Å². The van der Waals surface area contributed by atoms with Gasteiger partial charge in [-0.05, 0) is 31.1 Å². The summed E-state index contributed by atoms with van der Waals surface area (Å²) in [5.74, 6) is -0.0758. The van der Waals surface area contributed by atoms with Crippen LogP contribution in [0.2, 0.25) is 0 Å². The minimum atomic E-state index is -0.0758. The lowest BCUT2D eigenvalue weighted by molar-refractivity contribution is -0.117. The Morgan fingerprint density at radius 1 is 1.14 bits per heavy atom. The molecular formula is C22H28N4O2. The van der Waals surface area contributed by atoms with E-state index >= 15 is 0 Å². The highest BCUT2D eigenvalue weighted by molar-refractivity contribution is 5.91. The van der Waals surface area contributed by atoms with Crippen molar-refractivity contribution in [1.29, 1.82) is 0 Å². The molecule has 4 rings (SSSR count). The van der Waals surface area contributed by atoms with Crippen LogP contribution in [0.25, 0.3) is 17.1 Å². The summed E-state index contributed by atoms with van der Waals surface area (Å²) < 4.78 is 5.53. The number of carbonyl (C=O) groups is 1. The van der Waals surface area contributed by atoms with Gasteiger partial charge in [-0.15, -0.1) is 0 Å². The van der Waals surface area contributed by atoms with Crippen molar-refractivity contribution in [2.45, 2.75) is 37.6 Å². The molecule has 0 bridgehead atoms. The second-order valence-electron chi connectivity index (χ2n) is 7.72. The van der Waals surface area contributed by atoms with E-state index in [2.05, 4.69) is 20.2 Å². The van der Waals surface area contributed by atoms with E-state index < -0.39 is 0 Å². The van der Waals surface area contributed by atoms with Crippen LogP contribution in [0.15, 0.2) is 36.5 Å². The molecule has 2 fully saturated rings. The monoisotopic (exact) mass is 380 g/mol. The van der Waals surface area contributed by atoms with Crippen molar-refractivity contribution in [2.75, 3.05) is 32.8 Å². The summed E-state index contributed by atoms with van der Waals surface area (Å²) in [5, 5.41) is 3.14. The number of hydrogen-bond acceptors (Lipinski definition) is 5. The maximum absolute atomic E-state index is 12.5. The number of aromatic nitrogens is 2. The Labute approximate surface area is 166 Å². The summed E-state index contributed by atoms with van der Waals surface area (Å²) >= 11 is 0. The first-order chi connectivity index (χ1) is 13.8. The normalized spacial score (nSPS) is 20.4. The van der Waals surface area contributed by atoms with Gasteiger partial charge in [0.1, 0.15) is 0 Å². The molecule has 1 saturated carbocycles. The fourth-order valence-electron chi connectivity index (χ4n) is 4.38. The van der Waals surface area contributed by atoms with Gasteiger partial charge in [-0.2, -0.15) is 0 Å². The molecule has 1 aromatic heterocycles. The summed E-state index contributed by atoms with van der Waals surface area (Å²) in [4.78, 5) is 23.9. The van der Waals surface area contributed by atoms with Gasteiger partial charge in [-0.25, -0.2) is 4.98 Å². The number of hydrogen-bond donors (Lipinski definition) is 1. The number of ether oxygens (including phenoxy) is 1. The summed E-state index contributed by atoms with van der Waals surface area (Å²) in [7, 11) is 0. The molecule has 1 amide bonds. The number of nitrogens with zero attached hydrogens (tertiary/aromatic N) is 3. The van der Waals surface area contributed by atoms with Gasteiger partial charge in [0, 0.05) is 31.2 Å². The number of carbonyl (C=O) groups excluding carboxylic acids is 1. The quantitative estimate of drug-likeness (QED) is 0.808. The number of amides is 1. The SMILES string of the molecule is O=C(/C=C/c1cnc2ccccc2n1)NCC1(N2CCOCC2)CCCCC1. The second-order valence-corrected chi connectivity index (χ2v) is 7.72. The predicted molar refractivity (Wildman–Crippen MR) is 110 cm³/mol. The number of para-hydroxylation sites is 2. The van der Waals surface area contributed by atoms with Gasteiger partial charge in [-0.3, -0.25) is 14.7 Å². The van der Waals surface area contributed by atoms with Crippen LogP contribution < -0.4 is 5.32 Å². The first-order valence-electron chi connectivity index (χ1n) is 10.3. The summed E-state index contributed by atoms with van der Waals surface area (Å²) in [6, 6.07) is 7.73. The maximum atomic E-state index is 12.5. The highest BCUT2D eigenvalue weighted by Gasteiger charge is 2.38. The zero-order chi connectivity index (χ0) is 19.2. The first kappa shape index (κ1) is 19.0. The van der Waals surface area contributed by atoms with Gasteiger partial charge < -0.3 is 10.1 Å². The van der Waals surface area contributed by atoms with Gasteiger partial charge in [-0.1, -0.05) is 31.4 Å². The Hall–Kier alpha value is -2.31. The average Bonchev–Trinajstić information content (AvgIpc) is 2.77. The van der Waals surface area contributed by atoms with Crippen LogP contribution in [0.1, 0.15) is 37.8 Å². The predicted octanol–water partition coefficient (Wildman–Crippen LogP) is 2.79. The molecule has 148 valence electrons. The topological polar surface area (TPSA) is 67.4 Å². The summed E-state index contributed by atoms with van der Waals surface area (Å²) in [6.07, 6.45) is 11.0. The van der Waals surface area contributed by atoms with Crippen molar-refractivity contribution < 1.29 is 9.53 Å². The molecule has 0 radical (unpaired) electrons. The zero-order valence-electron chi connectivity index (χ0n) is 16.3. The molecule has 0 atom stereocenters. The van der Waals surface area contributed by atoms with Crippen molar-refractivity contribution in [3.05, 3.63) is 42.2 Å². The second kappa shape index (κ2) is 8.80. The highest BCUT2D eigenvalue weighted by Crippen LogP contribution is 2.33. The Balaban J connectivity index is 1.39. The van der Waals surface area contributed by atoms with Gasteiger partial charge >= 0.3 is 0 Å². The van der Waals surface area contributed by atoms with Crippen LogP contribution in [-0.4, -0.2) is 59.2 Å². The van der Waals surface area contributed by atoms with Gasteiger partial charge in [0.25, 0.3) is 0 Å². The van der Waals surface area contributed by atoms with Gasteiger partial charge in [0.2, 0.25) is 5.91 Å². The number of benzene rings is 1. The smallest absolute Gasteiger partial charge is 0.244 e. The van der Waals surface area contributed by atoms with Gasteiger partial charge in [0.15, 0.2) is 0 Å². The van der Waals surface area contributed by atoms with E-state index in [0.29, 0.717) is 12.2 Å². The molecule has 0 unspecified atom stereocenters. The number of morpholine rings is 1. The Morgan fingerprint density at radius 2 is 1.89 bits per heavy atom. The fraction of sp³-hybridized carbons (Fsp3) is 0.500. The summed E-state index contributed by atoms with van der Waals surface area (Å²) in [5.41, 5.74) is 2.45. The Morgan fingerprint density at radius 3 is 2.68 bits per heavy atom. The standard InChI is InChI=1S/C22H28N4O2/c27-21(9-8-18-16-23-19-6-2-3-7-20(19)25-18)24-17-22(10-4-1-5-11-22)26-12-14-28-15-13-26/h2-3,6-9,16H,1,4-5,10-15,17H2,(H,24,27)/b9-8+. The molecule has 1 aliphatic heterocycles. The van der Waals surface area contributed by atoms with E-state index in [4.69, 9.17) is 4.74 Å². The molecule has 6 heteroatoms. The average molecular weight is 380 g/mol. The van der Waals surface area contributed by atoms with Crippen molar-refractivity contribution in [2.24, 2.45) is 0 Å². The highest BCUT2D eigenvalue weighted by atomic mass is 16.5. The molecule has 1 aromatic carbocycles. The molecule has 1 N–H and O–H groups in total. The van der Waals surface area contributed by atoms with Crippen LogP contribution in [0.5, 0.6) is 0 Å². The summed E-state index contributed by atoms with van der Waals surface area (Å²) in [6.45, 7) is 4.18. The molecule has 2 aliphatic rings. The largest absolute Gasteiger partial charge is 0.379 e. The molecular weight excluding hydrogens is 352 g/mol. The minimum Gasteiger partial charge on any atom is -0.379 e. The van der Waals surface area contributed by atoms with E-state index in [1.807, 2.05) is 24.3 Å². The van der Waals surface area contributed by atoms with Crippen LogP contribution in [-0.2, 0) is 9.53 Å². The third-order valence-electron chi connectivity index (χ3n) is 5.93. The third kappa shape index (κ3) is 4.39. The van der Waals surface area contributed by atoms with E-state index in [1.54, 1.807) is 18.3 Å². The third-order valence-corrected chi connectivity index (χ3v) is 5.93. The maximum Gasteiger partial charge on any atom is 0.244 e. The zero-order valence-corrected chi connectivity index (χ0v) is 16.3. The van der Waals surface area contributed by atoms with Crippen molar-refractivity contribution >= 4 is 23.0 Å². The van der Waals surface area contributed by atoms with Crippen LogP contribution in [0, 0.1) is 0 Å². The van der Waals surface area contributed by atoms with E-state index in [1.165, 1.54) is 19.3 Å². The Bertz CT molecular complexity index is 839. The van der Waals surface area contributed by atoms with Crippen molar-refractivity contribution in [1.82, 2.24) is 20.2 Å². The van der Waals surface area contributed by atoms with Gasteiger partial charge in [0.05, 0.1) is 36.1 Å². The lowest BCUT2D eigenvalue weighted by Gasteiger charge is -2.48. The molecule has 6 nitrogen and oxygen atoms in total. The molecule has 0 spiro atoms. The lowest BCUT2D eigenvalue weighted by Crippen LogP contribution is -2.59. The Kier molecular flexibility index (Phi) is 5.98. The molecule has 28 heavy (non-hydrogen) atoms. The fourth-order valence-corrected chi connectivity index (χ4v) is 4.38. The first-order valence-corrected chi connectivity index (χ1v) is 10.3. The molecule has 1 saturated heterocycles. The van der Waals surface area contributed by atoms with Crippen molar-refractivity contribution in [3.8, 4) is 0 Å². The molecule has 1 aliphatic carbocycles. The van der Waals surface area contributed by atoms with Crippen LogP contribution in [0.3, 0.4) is 0 Å².